The number of benzene rings is 2. The Morgan fingerprint density at radius 2 is 2.03 bits per heavy atom. The molecule has 2 heterocycles. The van der Waals surface area contributed by atoms with Gasteiger partial charge in [0.25, 0.3) is 0 Å². The van der Waals surface area contributed by atoms with Gasteiger partial charge in [0.1, 0.15) is 0 Å². The number of unbranched alkanes of at least 4 members (excludes halogenated alkanes) is 1. The highest BCUT2D eigenvalue weighted by atomic mass is 33.1. The summed E-state index contributed by atoms with van der Waals surface area (Å²) in [5, 5.41) is 4.08. The van der Waals surface area contributed by atoms with E-state index >= 15 is 0 Å². The largest absolute Gasteiger partial charge is 0.326 e. The number of fused-ring (bicyclic) bond motifs is 2. The van der Waals surface area contributed by atoms with Crippen LogP contribution in [0.2, 0.25) is 0 Å². The van der Waals surface area contributed by atoms with E-state index in [1.54, 1.807) is 0 Å². The molecule has 0 saturated carbocycles. The third-order valence-corrected chi connectivity index (χ3v) is 10.2. The SMILES string of the molecule is CCCN1CCc2cccc3c2[C@H]1Cc1cccc(NC(=O)CCCCC2CCSS2)c1-3. The summed E-state index contributed by atoms with van der Waals surface area (Å²) in [6.07, 6.45) is 8.69. The number of carbonyl (C=O) groups is 1. The molecule has 1 N–H and O–H groups in total. The fourth-order valence-corrected chi connectivity index (χ4v) is 8.69. The summed E-state index contributed by atoms with van der Waals surface area (Å²) in [4.78, 5) is 15.5. The number of hydrogen-bond acceptors (Lipinski definition) is 4. The molecule has 0 radical (unpaired) electrons. The maximum absolute atomic E-state index is 12.8. The van der Waals surface area contributed by atoms with E-state index in [2.05, 4.69) is 53.5 Å². The van der Waals surface area contributed by atoms with Crippen LogP contribution >= 0.6 is 21.6 Å². The number of hydrogen-bond donors (Lipinski definition) is 1. The summed E-state index contributed by atoms with van der Waals surface area (Å²) in [7, 11) is 4.04. The van der Waals surface area contributed by atoms with Crippen LogP contribution in [-0.4, -0.2) is 34.9 Å². The zero-order chi connectivity index (χ0) is 21.9. The molecule has 1 aliphatic carbocycles. The van der Waals surface area contributed by atoms with E-state index in [1.165, 1.54) is 52.8 Å². The van der Waals surface area contributed by atoms with Crippen molar-refractivity contribution < 1.29 is 4.79 Å². The predicted molar refractivity (Wildman–Crippen MR) is 139 cm³/mol. The molecule has 1 fully saturated rings. The Hall–Kier alpha value is -1.43. The Morgan fingerprint density at radius 3 is 2.88 bits per heavy atom. The minimum atomic E-state index is 0.159. The Balaban J connectivity index is 1.32. The number of rotatable bonds is 8. The summed E-state index contributed by atoms with van der Waals surface area (Å²) < 4.78 is 0. The van der Waals surface area contributed by atoms with Gasteiger partial charge in [0, 0.05) is 41.3 Å². The van der Waals surface area contributed by atoms with Crippen molar-refractivity contribution in [3.05, 3.63) is 53.1 Å². The van der Waals surface area contributed by atoms with Crippen LogP contribution in [0.4, 0.5) is 5.69 Å². The van der Waals surface area contributed by atoms with Crippen molar-refractivity contribution in [1.29, 1.82) is 0 Å². The van der Waals surface area contributed by atoms with Crippen LogP contribution in [0.25, 0.3) is 11.1 Å². The lowest BCUT2D eigenvalue weighted by Gasteiger charge is -2.42. The van der Waals surface area contributed by atoms with Crippen LogP contribution in [0.15, 0.2) is 36.4 Å². The quantitative estimate of drug-likeness (QED) is 0.340. The Kier molecular flexibility index (Phi) is 7.15. The van der Waals surface area contributed by atoms with Crippen LogP contribution in [0.3, 0.4) is 0 Å². The topological polar surface area (TPSA) is 32.3 Å². The molecule has 0 spiro atoms. The molecular weight excluding hydrogens is 432 g/mol. The van der Waals surface area contributed by atoms with Gasteiger partial charge in [-0.25, -0.2) is 0 Å². The van der Waals surface area contributed by atoms with Crippen LogP contribution in [0.1, 0.15) is 68.2 Å². The van der Waals surface area contributed by atoms with E-state index in [4.69, 9.17) is 0 Å². The maximum Gasteiger partial charge on any atom is 0.224 e. The zero-order valence-corrected chi connectivity index (χ0v) is 20.7. The average molecular weight is 467 g/mol. The molecule has 5 heteroatoms. The van der Waals surface area contributed by atoms with Crippen molar-refractivity contribution in [1.82, 2.24) is 4.90 Å². The number of nitrogens with one attached hydrogen (secondary N) is 1. The molecule has 1 amide bonds. The summed E-state index contributed by atoms with van der Waals surface area (Å²) in [6.45, 7) is 4.58. The standard InChI is InChI=1S/C27H34N2OS2/c1-2-15-29-16-13-19-7-5-10-22-26-20(18-24(29)27(19)22)8-6-11-23(26)28-25(30)12-4-3-9-21-14-17-31-32-21/h5-8,10-11,21,24H,2-4,9,12-18H2,1H3,(H,28,30)/t21?,24-/m1/s1. The highest BCUT2D eigenvalue weighted by Gasteiger charge is 2.34. The van der Waals surface area contributed by atoms with E-state index in [0.29, 0.717) is 12.5 Å². The molecule has 3 nitrogen and oxygen atoms in total. The van der Waals surface area contributed by atoms with Crippen molar-refractivity contribution in [3.8, 4) is 11.1 Å². The number of carbonyl (C=O) groups excluding carboxylic acids is 1. The lowest BCUT2D eigenvalue weighted by atomic mass is 9.76. The summed E-state index contributed by atoms with van der Waals surface area (Å²) in [6, 6.07) is 13.7. The van der Waals surface area contributed by atoms with Crippen LogP contribution < -0.4 is 5.32 Å². The molecule has 2 atom stereocenters. The summed E-state index contributed by atoms with van der Waals surface area (Å²) in [5.41, 5.74) is 7.96. The minimum Gasteiger partial charge on any atom is -0.326 e. The second-order valence-electron chi connectivity index (χ2n) is 9.35. The minimum absolute atomic E-state index is 0.159. The summed E-state index contributed by atoms with van der Waals surface area (Å²) in [5.74, 6) is 1.45. The number of amides is 1. The molecule has 2 aliphatic heterocycles. The predicted octanol–water partition coefficient (Wildman–Crippen LogP) is 6.87. The van der Waals surface area contributed by atoms with Crippen LogP contribution in [0, 0.1) is 0 Å². The third-order valence-electron chi connectivity index (χ3n) is 7.16. The highest BCUT2D eigenvalue weighted by molar-refractivity contribution is 8.77. The van der Waals surface area contributed by atoms with Crippen LogP contribution in [-0.2, 0) is 17.6 Å². The number of anilines is 1. The van der Waals surface area contributed by atoms with Crippen molar-refractivity contribution in [2.24, 2.45) is 0 Å². The van der Waals surface area contributed by atoms with Crippen molar-refractivity contribution >= 4 is 33.2 Å². The van der Waals surface area contributed by atoms with E-state index in [0.717, 1.165) is 49.7 Å². The molecule has 3 aliphatic rings. The first-order valence-electron chi connectivity index (χ1n) is 12.3. The molecule has 32 heavy (non-hydrogen) atoms. The first-order valence-corrected chi connectivity index (χ1v) is 14.7. The van der Waals surface area contributed by atoms with Crippen LogP contribution in [0.5, 0.6) is 0 Å². The van der Waals surface area contributed by atoms with E-state index in [1.807, 2.05) is 21.6 Å². The van der Waals surface area contributed by atoms with Gasteiger partial charge in [-0.05, 0) is 73.4 Å². The average Bonchev–Trinajstić information content (AvgIpc) is 3.32. The van der Waals surface area contributed by atoms with Crippen molar-refractivity contribution in [3.63, 3.8) is 0 Å². The third kappa shape index (κ3) is 4.62. The zero-order valence-electron chi connectivity index (χ0n) is 19.1. The van der Waals surface area contributed by atoms with Gasteiger partial charge in [-0.15, -0.1) is 0 Å². The van der Waals surface area contributed by atoms with Gasteiger partial charge in [-0.3, -0.25) is 9.69 Å². The summed E-state index contributed by atoms with van der Waals surface area (Å²) >= 11 is 0. The fourth-order valence-electron chi connectivity index (χ4n) is 5.67. The lowest BCUT2D eigenvalue weighted by Crippen LogP contribution is -2.38. The molecular formula is C27H34N2OS2. The highest BCUT2D eigenvalue weighted by Crippen LogP contribution is 2.47. The molecule has 1 saturated heterocycles. The Morgan fingerprint density at radius 1 is 1.16 bits per heavy atom. The smallest absolute Gasteiger partial charge is 0.224 e. The van der Waals surface area contributed by atoms with Gasteiger partial charge in [0.2, 0.25) is 5.91 Å². The first-order chi connectivity index (χ1) is 15.7. The molecule has 170 valence electrons. The van der Waals surface area contributed by atoms with Gasteiger partial charge in [-0.2, -0.15) is 0 Å². The van der Waals surface area contributed by atoms with Crippen molar-refractivity contribution in [2.45, 2.75) is 69.6 Å². The Labute approximate surface area is 200 Å². The Bertz CT molecular complexity index is 970. The van der Waals surface area contributed by atoms with Crippen molar-refractivity contribution in [2.75, 3.05) is 24.2 Å². The molecule has 2 aromatic carbocycles. The van der Waals surface area contributed by atoms with Gasteiger partial charge in [-0.1, -0.05) is 65.3 Å². The molecule has 1 unspecified atom stereocenters. The maximum atomic E-state index is 12.8. The molecule has 2 aromatic rings. The number of nitrogens with zero attached hydrogens (tertiary/aromatic N) is 1. The fraction of sp³-hybridized carbons (Fsp3) is 0.519. The van der Waals surface area contributed by atoms with Gasteiger partial charge < -0.3 is 5.32 Å². The monoisotopic (exact) mass is 466 g/mol. The van der Waals surface area contributed by atoms with E-state index < -0.39 is 0 Å². The second kappa shape index (κ2) is 10.2. The molecule has 5 rings (SSSR count). The van der Waals surface area contributed by atoms with E-state index in [9.17, 15) is 4.79 Å². The van der Waals surface area contributed by atoms with Gasteiger partial charge in [0.15, 0.2) is 0 Å². The normalized spacial score (nSPS) is 21.8. The molecule has 0 aromatic heterocycles. The van der Waals surface area contributed by atoms with E-state index in [-0.39, 0.29) is 5.91 Å². The molecule has 0 bridgehead atoms. The van der Waals surface area contributed by atoms with Gasteiger partial charge in [0.05, 0.1) is 0 Å². The first kappa shape index (κ1) is 22.4. The van der Waals surface area contributed by atoms with Gasteiger partial charge >= 0.3 is 0 Å². The lowest BCUT2D eigenvalue weighted by molar-refractivity contribution is -0.116. The second-order valence-corrected chi connectivity index (χ2v) is 12.1.